The van der Waals surface area contributed by atoms with Crippen LogP contribution in [-0.4, -0.2) is 40.3 Å². The lowest BCUT2D eigenvalue weighted by atomic mass is 10.0. The first-order valence-corrected chi connectivity index (χ1v) is 9.23. The molecule has 1 aromatic carbocycles. The van der Waals surface area contributed by atoms with Gasteiger partial charge in [-0.25, -0.2) is 0 Å². The standard InChI is InChI=1S/C18H22Cl3NO4/c1-4-13(22-16(23)18(19,20)21)15-14(11-25-17(2,3)26-15)24-10-12-8-6-5-7-9-12/h4-9,13-15H,1,10-11H2,2-3H3,(H,22,23)/t13-,14-,15?/m0/s1. The number of hydrogen-bond acceptors (Lipinski definition) is 4. The number of halogens is 3. The molecular weight excluding hydrogens is 401 g/mol. The van der Waals surface area contributed by atoms with Gasteiger partial charge in [-0.2, -0.15) is 0 Å². The van der Waals surface area contributed by atoms with E-state index in [1.807, 2.05) is 30.3 Å². The number of hydrogen-bond donors (Lipinski definition) is 1. The molecule has 0 radical (unpaired) electrons. The van der Waals surface area contributed by atoms with Crippen LogP contribution in [0.25, 0.3) is 0 Å². The molecule has 1 aliphatic rings. The first-order valence-electron chi connectivity index (χ1n) is 8.10. The second-order valence-corrected chi connectivity index (χ2v) is 8.64. The molecule has 1 fully saturated rings. The molecule has 0 bridgehead atoms. The summed E-state index contributed by atoms with van der Waals surface area (Å²) in [6, 6.07) is 9.09. The largest absolute Gasteiger partial charge is 0.368 e. The number of nitrogens with one attached hydrogen (secondary N) is 1. The van der Waals surface area contributed by atoms with Gasteiger partial charge in [0.05, 0.1) is 19.3 Å². The van der Waals surface area contributed by atoms with Gasteiger partial charge in [0, 0.05) is 0 Å². The topological polar surface area (TPSA) is 56.8 Å². The first kappa shape index (κ1) is 21.5. The van der Waals surface area contributed by atoms with Crippen molar-refractivity contribution in [2.75, 3.05) is 6.61 Å². The van der Waals surface area contributed by atoms with Gasteiger partial charge < -0.3 is 19.5 Å². The zero-order valence-corrected chi connectivity index (χ0v) is 16.9. The molecule has 5 nitrogen and oxygen atoms in total. The van der Waals surface area contributed by atoms with Gasteiger partial charge in [0.2, 0.25) is 0 Å². The Labute approximate surface area is 168 Å². The third kappa shape index (κ3) is 6.12. The third-order valence-corrected chi connectivity index (χ3v) is 4.37. The summed E-state index contributed by atoms with van der Waals surface area (Å²) in [5, 5.41) is 2.63. The van der Waals surface area contributed by atoms with Crippen molar-refractivity contribution in [1.82, 2.24) is 5.32 Å². The number of carbonyl (C=O) groups excluding carboxylic acids is 1. The van der Waals surface area contributed by atoms with E-state index in [1.165, 1.54) is 6.08 Å². The Balaban J connectivity index is 2.11. The van der Waals surface area contributed by atoms with E-state index in [4.69, 9.17) is 49.0 Å². The van der Waals surface area contributed by atoms with Gasteiger partial charge in [-0.3, -0.25) is 4.79 Å². The molecule has 1 saturated heterocycles. The fraction of sp³-hybridized carbons (Fsp3) is 0.500. The summed E-state index contributed by atoms with van der Waals surface area (Å²) in [6.45, 7) is 7.98. The molecule has 1 heterocycles. The zero-order chi connectivity index (χ0) is 19.4. The lowest BCUT2D eigenvalue weighted by Crippen LogP contribution is -2.59. The van der Waals surface area contributed by atoms with Crippen molar-refractivity contribution >= 4 is 40.7 Å². The molecule has 1 unspecified atom stereocenters. The number of amides is 1. The highest BCUT2D eigenvalue weighted by Gasteiger charge is 2.43. The molecule has 0 aromatic heterocycles. The molecule has 144 valence electrons. The molecule has 0 spiro atoms. The van der Waals surface area contributed by atoms with Crippen LogP contribution in [0.15, 0.2) is 43.0 Å². The van der Waals surface area contributed by atoms with Crippen molar-refractivity contribution in [1.29, 1.82) is 0 Å². The number of carbonyl (C=O) groups is 1. The third-order valence-electron chi connectivity index (χ3n) is 3.85. The second-order valence-electron chi connectivity index (χ2n) is 6.36. The van der Waals surface area contributed by atoms with Gasteiger partial charge in [-0.15, -0.1) is 6.58 Å². The molecule has 0 aliphatic carbocycles. The molecule has 26 heavy (non-hydrogen) atoms. The summed E-state index contributed by atoms with van der Waals surface area (Å²) in [5.74, 6) is -1.61. The Morgan fingerprint density at radius 3 is 2.65 bits per heavy atom. The number of benzene rings is 1. The fourth-order valence-electron chi connectivity index (χ4n) is 2.55. The molecule has 1 amide bonds. The minimum Gasteiger partial charge on any atom is -0.368 e. The van der Waals surface area contributed by atoms with Crippen LogP contribution in [0.1, 0.15) is 19.4 Å². The number of rotatable bonds is 6. The van der Waals surface area contributed by atoms with Gasteiger partial charge in [0.1, 0.15) is 12.2 Å². The highest BCUT2D eigenvalue weighted by molar-refractivity contribution is 6.76. The van der Waals surface area contributed by atoms with Crippen LogP contribution in [-0.2, 0) is 25.6 Å². The molecule has 1 aromatic rings. The van der Waals surface area contributed by atoms with Crippen LogP contribution in [0.5, 0.6) is 0 Å². The van der Waals surface area contributed by atoms with E-state index in [2.05, 4.69) is 11.9 Å². The van der Waals surface area contributed by atoms with Crippen molar-refractivity contribution in [3.05, 3.63) is 48.6 Å². The average molecular weight is 423 g/mol. The van der Waals surface area contributed by atoms with E-state index in [1.54, 1.807) is 13.8 Å². The smallest absolute Gasteiger partial charge is 0.272 e. The Morgan fingerprint density at radius 1 is 1.42 bits per heavy atom. The molecule has 2 rings (SSSR count). The van der Waals surface area contributed by atoms with E-state index >= 15 is 0 Å². The van der Waals surface area contributed by atoms with Crippen molar-refractivity contribution in [3.8, 4) is 0 Å². The van der Waals surface area contributed by atoms with Crippen LogP contribution in [0.2, 0.25) is 0 Å². The minimum absolute atomic E-state index is 0.290. The highest BCUT2D eigenvalue weighted by atomic mass is 35.6. The normalized spacial score (nSPS) is 23.9. The maximum absolute atomic E-state index is 12.0. The number of alkyl halides is 3. The minimum atomic E-state index is -2.08. The van der Waals surface area contributed by atoms with Gasteiger partial charge in [0.25, 0.3) is 9.70 Å². The molecule has 1 aliphatic heterocycles. The van der Waals surface area contributed by atoms with Crippen LogP contribution in [0.4, 0.5) is 0 Å². The van der Waals surface area contributed by atoms with E-state index in [9.17, 15) is 4.79 Å². The second kappa shape index (κ2) is 8.91. The summed E-state index contributed by atoms with van der Waals surface area (Å²) in [4.78, 5) is 12.0. The predicted molar refractivity (Wildman–Crippen MR) is 102 cm³/mol. The fourth-order valence-corrected chi connectivity index (χ4v) is 2.71. The lowest BCUT2D eigenvalue weighted by Gasteiger charge is -2.43. The Kier molecular flexibility index (Phi) is 7.36. The Bertz CT molecular complexity index is 619. The molecule has 0 saturated carbocycles. The maximum Gasteiger partial charge on any atom is 0.272 e. The lowest BCUT2D eigenvalue weighted by molar-refractivity contribution is -0.313. The van der Waals surface area contributed by atoms with Crippen molar-refractivity contribution < 1.29 is 19.0 Å². The molecule has 3 atom stereocenters. The van der Waals surface area contributed by atoms with Crippen LogP contribution in [0.3, 0.4) is 0 Å². The molecule has 8 heteroatoms. The van der Waals surface area contributed by atoms with Crippen LogP contribution in [0, 0.1) is 0 Å². The SMILES string of the molecule is C=C[C@H](NC(=O)C(Cl)(Cl)Cl)C1OC(C)(C)OC[C@@H]1OCc1ccccc1. The summed E-state index contributed by atoms with van der Waals surface area (Å²) in [7, 11) is 0. The average Bonchev–Trinajstić information content (AvgIpc) is 2.58. The van der Waals surface area contributed by atoms with E-state index in [-0.39, 0.29) is 0 Å². The first-order chi connectivity index (χ1) is 12.1. The Hall–Kier alpha value is -0.820. The molecule has 1 N–H and O–H groups in total. The van der Waals surface area contributed by atoms with Gasteiger partial charge in [-0.1, -0.05) is 71.2 Å². The van der Waals surface area contributed by atoms with Crippen LogP contribution >= 0.6 is 34.8 Å². The van der Waals surface area contributed by atoms with E-state index in [0.717, 1.165) is 5.56 Å². The monoisotopic (exact) mass is 421 g/mol. The van der Waals surface area contributed by atoms with Gasteiger partial charge in [-0.05, 0) is 19.4 Å². The van der Waals surface area contributed by atoms with Crippen molar-refractivity contribution in [2.24, 2.45) is 0 Å². The predicted octanol–water partition coefficient (Wildman–Crippen LogP) is 3.76. The summed E-state index contributed by atoms with van der Waals surface area (Å²) in [6.07, 6.45) is 0.525. The summed E-state index contributed by atoms with van der Waals surface area (Å²) in [5.41, 5.74) is 1.01. The van der Waals surface area contributed by atoms with E-state index in [0.29, 0.717) is 13.2 Å². The van der Waals surface area contributed by atoms with Crippen molar-refractivity contribution in [2.45, 2.75) is 48.3 Å². The Morgan fingerprint density at radius 2 is 2.08 bits per heavy atom. The maximum atomic E-state index is 12.0. The van der Waals surface area contributed by atoms with E-state index < -0.39 is 33.7 Å². The molecular formula is C18H22Cl3NO4. The van der Waals surface area contributed by atoms with Gasteiger partial charge in [0.15, 0.2) is 5.79 Å². The highest BCUT2D eigenvalue weighted by Crippen LogP contribution is 2.29. The van der Waals surface area contributed by atoms with Crippen LogP contribution < -0.4 is 5.32 Å². The summed E-state index contributed by atoms with van der Waals surface area (Å²) >= 11 is 16.9. The van der Waals surface area contributed by atoms with Gasteiger partial charge >= 0.3 is 0 Å². The summed E-state index contributed by atoms with van der Waals surface area (Å²) < 4.78 is 15.6. The zero-order valence-electron chi connectivity index (χ0n) is 14.6. The quantitative estimate of drug-likeness (QED) is 0.560. The van der Waals surface area contributed by atoms with Crippen molar-refractivity contribution in [3.63, 3.8) is 0 Å². The number of ether oxygens (including phenoxy) is 3.